The lowest BCUT2D eigenvalue weighted by Crippen LogP contribution is -2.46. The van der Waals surface area contributed by atoms with E-state index in [1.165, 1.54) is 7.05 Å². The molecule has 1 heterocycles. The monoisotopic (exact) mass is 278 g/mol. The van der Waals surface area contributed by atoms with E-state index in [-0.39, 0.29) is 12.5 Å². The van der Waals surface area contributed by atoms with E-state index in [1.54, 1.807) is 31.4 Å². The van der Waals surface area contributed by atoms with E-state index < -0.39 is 12.1 Å². The summed E-state index contributed by atoms with van der Waals surface area (Å²) in [5.41, 5.74) is 2.84. The number of methoxy groups -OCH3 is 1. The number of ether oxygens (including phenoxy) is 1. The Morgan fingerprint density at radius 1 is 1.25 bits per heavy atom. The van der Waals surface area contributed by atoms with Gasteiger partial charge in [0, 0.05) is 12.7 Å². The van der Waals surface area contributed by atoms with E-state index in [4.69, 9.17) is 4.74 Å². The van der Waals surface area contributed by atoms with Crippen molar-refractivity contribution in [3.8, 4) is 5.75 Å². The maximum Gasteiger partial charge on any atom is 0.345 e. The molecule has 0 aliphatic carbocycles. The molecule has 0 spiro atoms. The van der Waals surface area contributed by atoms with Crippen molar-refractivity contribution in [2.24, 2.45) is 0 Å². The fourth-order valence-electron chi connectivity index (χ4n) is 1.64. The molecule has 106 valence electrons. The first-order chi connectivity index (χ1) is 9.51. The average Bonchev–Trinajstić information content (AvgIpc) is 2.67. The number of likely N-dealkylation sites (N-methyl/N-ethyl adjacent to an activating group) is 1. The number of hydrogen-bond acceptors (Lipinski definition) is 4. The second-order valence-electron chi connectivity index (χ2n) is 4.12. The number of urea groups is 2. The molecule has 2 rings (SSSR count). The lowest BCUT2D eigenvalue weighted by molar-refractivity contribution is -0.124. The van der Waals surface area contributed by atoms with Gasteiger partial charge in [-0.25, -0.2) is 20.0 Å². The van der Waals surface area contributed by atoms with Crippen molar-refractivity contribution in [3.05, 3.63) is 24.3 Å². The number of nitrogens with one attached hydrogen (secondary N) is 2. The van der Waals surface area contributed by atoms with E-state index >= 15 is 0 Å². The van der Waals surface area contributed by atoms with Gasteiger partial charge in [0.05, 0.1) is 7.11 Å². The fourth-order valence-corrected chi connectivity index (χ4v) is 1.64. The minimum atomic E-state index is -0.605. The molecule has 8 heteroatoms. The maximum absolute atomic E-state index is 11.7. The second kappa shape index (κ2) is 5.47. The molecular weight excluding hydrogens is 264 g/mol. The predicted molar refractivity (Wildman–Crippen MR) is 70.0 cm³/mol. The summed E-state index contributed by atoms with van der Waals surface area (Å²) in [6.45, 7) is -0.175. The van der Waals surface area contributed by atoms with Crippen LogP contribution >= 0.6 is 0 Å². The Balaban J connectivity index is 1.92. The highest BCUT2D eigenvalue weighted by molar-refractivity contribution is 6.03. The molecule has 1 fully saturated rings. The average molecular weight is 278 g/mol. The second-order valence-corrected chi connectivity index (χ2v) is 4.12. The highest BCUT2D eigenvalue weighted by Crippen LogP contribution is 2.15. The standard InChI is InChI=1S/C12H14N4O4/c1-15-10(17)7-16(12(15)19)14-11(18)13-8-3-5-9(20-2)6-4-8/h3-6H,7H2,1-2H3,(H2,13,14,18). The zero-order chi connectivity index (χ0) is 14.7. The Labute approximate surface area is 115 Å². The van der Waals surface area contributed by atoms with E-state index in [9.17, 15) is 14.4 Å². The van der Waals surface area contributed by atoms with Gasteiger partial charge >= 0.3 is 12.1 Å². The summed E-state index contributed by atoms with van der Waals surface area (Å²) in [5.74, 6) is 0.289. The van der Waals surface area contributed by atoms with Crippen LogP contribution < -0.4 is 15.5 Å². The molecule has 0 bridgehead atoms. The third kappa shape index (κ3) is 2.79. The first kappa shape index (κ1) is 13.7. The molecule has 1 aromatic rings. The minimum absolute atomic E-state index is 0.175. The summed E-state index contributed by atoms with van der Waals surface area (Å²) < 4.78 is 5.00. The normalized spacial score (nSPS) is 14.5. The maximum atomic E-state index is 11.7. The molecule has 0 radical (unpaired) electrons. The largest absolute Gasteiger partial charge is 0.497 e. The highest BCUT2D eigenvalue weighted by atomic mass is 16.5. The SMILES string of the molecule is COc1ccc(NC(=O)NN2CC(=O)N(C)C2=O)cc1. The number of hydrazine groups is 1. The summed E-state index contributed by atoms with van der Waals surface area (Å²) in [6, 6.07) is 5.51. The summed E-state index contributed by atoms with van der Waals surface area (Å²) in [7, 11) is 2.90. The smallest absolute Gasteiger partial charge is 0.345 e. The molecule has 0 saturated carbocycles. The number of rotatable bonds is 3. The molecule has 20 heavy (non-hydrogen) atoms. The lowest BCUT2D eigenvalue weighted by atomic mass is 10.3. The van der Waals surface area contributed by atoms with Crippen molar-refractivity contribution in [3.63, 3.8) is 0 Å². The molecule has 0 unspecified atom stereocenters. The molecule has 1 aliphatic heterocycles. The Hall–Kier alpha value is -2.77. The van der Waals surface area contributed by atoms with E-state index in [2.05, 4.69) is 10.7 Å². The van der Waals surface area contributed by atoms with Crippen molar-refractivity contribution in [2.45, 2.75) is 0 Å². The molecule has 1 aliphatic rings. The van der Waals surface area contributed by atoms with Crippen LogP contribution in [0.5, 0.6) is 5.75 Å². The van der Waals surface area contributed by atoms with Gasteiger partial charge in [-0.05, 0) is 24.3 Å². The lowest BCUT2D eigenvalue weighted by Gasteiger charge is -2.16. The Kier molecular flexibility index (Phi) is 3.74. The zero-order valence-corrected chi connectivity index (χ0v) is 11.0. The van der Waals surface area contributed by atoms with Gasteiger partial charge in [-0.3, -0.25) is 9.69 Å². The fraction of sp³-hybridized carbons (Fsp3) is 0.250. The van der Waals surface area contributed by atoms with Gasteiger partial charge in [-0.1, -0.05) is 0 Å². The molecule has 8 nitrogen and oxygen atoms in total. The van der Waals surface area contributed by atoms with Crippen molar-refractivity contribution in [2.75, 3.05) is 26.0 Å². The van der Waals surface area contributed by atoms with Gasteiger partial charge in [-0.15, -0.1) is 0 Å². The number of nitrogens with zero attached hydrogens (tertiary/aromatic N) is 2. The van der Waals surface area contributed by atoms with Crippen molar-refractivity contribution >= 4 is 23.7 Å². The van der Waals surface area contributed by atoms with Crippen molar-refractivity contribution in [1.82, 2.24) is 15.3 Å². The molecule has 0 aromatic heterocycles. The predicted octanol–water partition coefficient (Wildman–Crippen LogP) is 0.626. The van der Waals surface area contributed by atoms with Crippen molar-refractivity contribution < 1.29 is 19.1 Å². The number of carbonyl (C=O) groups excluding carboxylic acids is 3. The number of amides is 5. The van der Waals surface area contributed by atoms with Gasteiger partial charge in [-0.2, -0.15) is 0 Å². The van der Waals surface area contributed by atoms with Crippen LogP contribution in [-0.2, 0) is 4.79 Å². The number of hydrogen-bond donors (Lipinski definition) is 2. The van der Waals surface area contributed by atoms with E-state index in [1.807, 2.05) is 0 Å². The number of carbonyl (C=O) groups is 3. The Morgan fingerprint density at radius 3 is 2.40 bits per heavy atom. The van der Waals surface area contributed by atoms with Crippen molar-refractivity contribution in [1.29, 1.82) is 0 Å². The first-order valence-corrected chi connectivity index (χ1v) is 5.81. The Bertz CT molecular complexity index is 543. The van der Waals surface area contributed by atoms with Crippen LogP contribution in [0.1, 0.15) is 0 Å². The molecule has 2 N–H and O–H groups in total. The van der Waals surface area contributed by atoms with Gasteiger partial charge in [0.2, 0.25) is 0 Å². The highest BCUT2D eigenvalue weighted by Gasteiger charge is 2.34. The number of imide groups is 1. The van der Waals surface area contributed by atoms with Crippen LogP contribution in [0.15, 0.2) is 24.3 Å². The molecular formula is C12H14N4O4. The molecule has 1 aromatic carbocycles. The molecule has 5 amide bonds. The quantitative estimate of drug-likeness (QED) is 0.793. The first-order valence-electron chi connectivity index (χ1n) is 5.81. The number of benzene rings is 1. The van der Waals surface area contributed by atoms with Crippen LogP contribution in [0.2, 0.25) is 0 Å². The van der Waals surface area contributed by atoms with Crippen LogP contribution in [0.4, 0.5) is 15.3 Å². The Morgan fingerprint density at radius 2 is 1.90 bits per heavy atom. The number of anilines is 1. The van der Waals surface area contributed by atoms with Crippen LogP contribution in [0.3, 0.4) is 0 Å². The summed E-state index contributed by atoms with van der Waals surface area (Å²) in [4.78, 5) is 35.5. The summed E-state index contributed by atoms with van der Waals surface area (Å²) >= 11 is 0. The van der Waals surface area contributed by atoms with Crippen LogP contribution in [-0.4, -0.2) is 48.6 Å². The van der Waals surface area contributed by atoms with Crippen LogP contribution in [0, 0.1) is 0 Å². The molecule has 1 saturated heterocycles. The van der Waals surface area contributed by atoms with Crippen LogP contribution in [0.25, 0.3) is 0 Å². The third-order valence-electron chi connectivity index (χ3n) is 2.77. The van der Waals surface area contributed by atoms with E-state index in [0.717, 1.165) is 9.91 Å². The minimum Gasteiger partial charge on any atom is -0.497 e. The summed E-state index contributed by atoms with van der Waals surface area (Å²) in [5, 5.41) is 3.49. The van der Waals surface area contributed by atoms with Gasteiger partial charge in [0.25, 0.3) is 5.91 Å². The van der Waals surface area contributed by atoms with Gasteiger partial charge in [0.15, 0.2) is 0 Å². The summed E-state index contributed by atoms with van der Waals surface area (Å²) in [6.07, 6.45) is 0. The zero-order valence-electron chi connectivity index (χ0n) is 11.0. The van der Waals surface area contributed by atoms with E-state index in [0.29, 0.717) is 11.4 Å². The molecule has 0 atom stereocenters. The topological polar surface area (TPSA) is 91.0 Å². The van der Waals surface area contributed by atoms with Gasteiger partial charge < -0.3 is 10.1 Å². The van der Waals surface area contributed by atoms with Gasteiger partial charge in [0.1, 0.15) is 12.3 Å². The third-order valence-corrected chi connectivity index (χ3v) is 2.77.